The van der Waals surface area contributed by atoms with E-state index in [1.165, 1.54) is 5.69 Å². The molecule has 1 fully saturated rings. The molecule has 6 heteroatoms. The number of anilines is 2. The summed E-state index contributed by atoms with van der Waals surface area (Å²) in [6.45, 7) is 6.24. The van der Waals surface area contributed by atoms with E-state index in [4.69, 9.17) is 23.2 Å². The molecule has 0 bridgehead atoms. The number of halogens is 2. The van der Waals surface area contributed by atoms with Crippen molar-refractivity contribution in [1.29, 1.82) is 0 Å². The number of nitrogens with one attached hydrogen (secondary N) is 1. The second-order valence-corrected chi connectivity index (χ2v) is 7.19. The molecule has 1 heterocycles. The number of benzene rings is 2. The molecule has 4 nitrogen and oxygen atoms in total. The van der Waals surface area contributed by atoms with Gasteiger partial charge in [0.05, 0.1) is 10.0 Å². The molecule has 0 aliphatic carbocycles. The fourth-order valence-corrected chi connectivity index (χ4v) is 3.27. The zero-order chi connectivity index (χ0) is 18.0. The molecule has 1 aliphatic rings. The molecular weight excluding hydrogens is 357 g/mol. The van der Waals surface area contributed by atoms with Gasteiger partial charge in [-0.05, 0) is 55.9 Å². The van der Waals surface area contributed by atoms with Gasteiger partial charge in [-0.2, -0.15) is 0 Å². The molecule has 1 aliphatic heterocycles. The Morgan fingerprint density at radius 1 is 1.00 bits per heavy atom. The van der Waals surface area contributed by atoms with Crippen LogP contribution in [0.2, 0.25) is 10.0 Å². The van der Waals surface area contributed by atoms with Crippen LogP contribution in [-0.4, -0.2) is 44.0 Å². The van der Waals surface area contributed by atoms with E-state index in [1.807, 2.05) is 12.1 Å². The lowest BCUT2D eigenvalue weighted by molar-refractivity contribution is 0.102. The number of hydrogen-bond acceptors (Lipinski definition) is 3. The van der Waals surface area contributed by atoms with Crippen molar-refractivity contribution in [2.75, 3.05) is 43.4 Å². The molecule has 0 saturated carbocycles. The average Bonchev–Trinajstić information content (AvgIpc) is 2.58. The highest BCUT2D eigenvalue weighted by Gasteiger charge is 2.16. The first-order valence-electron chi connectivity index (χ1n) is 8.24. The maximum atomic E-state index is 12.4. The largest absolute Gasteiger partial charge is 0.369 e. The van der Waals surface area contributed by atoms with E-state index in [1.54, 1.807) is 18.2 Å². The topological polar surface area (TPSA) is 35.6 Å². The van der Waals surface area contributed by atoms with Gasteiger partial charge in [-0.1, -0.05) is 23.2 Å². The molecule has 0 atom stereocenters. The summed E-state index contributed by atoms with van der Waals surface area (Å²) in [5, 5.41) is 3.72. The second-order valence-electron chi connectivity index (χ2n) is 6.37. The van der Waals surface area contributed by atoms with E-state index < -0.39 is 0 Å². The van der Waals surface area contributed by atoms with E-state index in [0.717, 1.165) is 37.4 Å². The second kappa shape index (κ2) is 7.65. The first-order chi connectivity index (χ1) is 11.9. The van der Waals surface area contributed by atoms with Crippen LogP contribution in [0.4, 0.5) is 11.4 Å². The van der Waals surface area contributed by atoms with Crippen LogP contribution in [-0.2, 0) is 0 Å². The predicted octanol–water partition coefficient (Wildman–Crippen LogP) is 4.31. The van der Waals surface area contributed by atoms with Crippen LogP contribution in [0.25, 0.3) is 0 Å². The van der Waals surface area contributed by atoms with E-state index >= 15 is 0 Å². The van der Waals surface area contributed by atoms with Crippen molar-refractivity contribution < 1.29 is 4.79 Å². The minimum Gasteiger partial charge on any atom is -0.369 e. The number of hydrogen-bond donors (Lipinski definition) is 1. The molecule has 2 aromatic carbocycles. The minimum absolute atomic E-state index is 0.203. The predicted molar refractivity (Wildman–Crippen MR) is 105 cm³/mol. The Bertz CT molecular complexity index is 786. The first-order valence-corrected chi connectivity index (χ1v) is 9.00. The number of likely N-dealkylation sites (N-methyl/N-ethyl adjacent to an activating group) is 1. The summed E-state index contributed by atoms with van der Waals surface area (Å²) < 4.78 is 0. The molecular formula is C19H21Cl2N3O. The van der Waals surface area contributed by atoms with Crippen LogP contribution in [0.5, 0.6) is 0 Å². The summed E-state index contributed by atoms with van der Waals surface area (Å²) in [7, 11) is 2.14. The van der Waals surface area contributed by atoms with Gasteiger partial charge in [-0.3, -0.25) is 4.79 Å². The molecule has 0 aromatic heterocycles. The third-order valence-electron chi connectivity index (χ3n) is 4.48. The Morgan fingerprint density at radius 3 is 2.36 bits per heavy atom. The van der Waals surface area contributed by atoms with Crippen LogP contribution in [0.1, 0.15) is 15.9 Å². The van der Waals surface area contributed by atoms with Crippen molar-refractivity contribution in [2.45, 2.75) is 6.92 Å². The number of piperazine rings is 1. The number of carbonyl (C=O) groups is 1. The molecule has 1 saturated heterocycles. The van der Waals surface area contributed by atoms with Gasteiger partial charge in [-0.25, -0.2) is 0 Å². The summed E-state index contributed by atoms with van der Waals surface area (Å²) in [5.41, 5.74) is 3.62. The summed E-state index contributed by atoms with van der Waals surface area (Å²) in [5.74, 6) is -0.203. The Labute approximate surface area is 158 Å². The summed E-state index contributed by atoms with van der Waals surface area (Å²) in [4.78, 5) is 17.1. The third-order valence-corrected chi connectivity index (χ3v) is 5.22. The number of rotatable bonds is 3. The molecule has 2 aromatic rings. The number of aryl methyl sites for hydroxylation is 1. The maximum absolute atomic E-state index is 12.4. The van der Waals surface area contributed by atoms with E-state index in [-0.39, 0.29) is 5.91 Å². The zero-order valence-electron chi connectivity index (χ0n) is 14.4. The molecule has 0 unspecified atom stereocenters. The molecule has 25 heavy (non-hydrogen) atoms. The fourth-order valence-electron chi connectivity index (χ4n) is 2.98. The van der Waals surface area contributed by atoms with E-state index in [2.05, 4.69) is 35.2 Å². The Balaban J connectivity index is 1.72. The smallest absolute Gasteiger partial charge is 0.255 e. The lowest BCUT2D eigenvalue weighted by Gasteiger charge is -2.35. The number of amides is 1. The van der Waals surface area contributed by atoms with Gasteiger partial charge in [0.2, 0.25) is 0 Å². The third kappa shape index (κ3) is 4.27. The number of carbonyl (C=O) groups excluding carboxylic acids is 1. The van der Waals surface area contributed by atoms with Gasteiger partial charge >= 0.3 is 0 Å². The van der Waals surface area contributed by atoms with Crippen LogP contribution < -0.4 is 10.2 Å². The first kappa shape index (κ1) is 18.1. The molecule has 1 amide bonds. The van der Waals surface area contributed by atoms with Crippen molar-refractivity contribution >= 4 is 40.5 Å². The Kier molecular flexibility index (Phi) is 5.52. The monoisotopic (exact) mass is 377 g/mol. The van der Waals surface area contributed by atoms with Crippen LogP contribution in [0.15, 0.2) is 36.4 Å². The quantitative estimate of drug-likeness (QED) is 0.865. The molecule has 1 N–H and O–H groups in total. The van der Waals surface area contributed by atoms with Crippen molar-refractivity contribution in [3.05, 3.63) is 57.6 Å². The molecule has 3 rings (SSSR count). The lowest BCUT2D eigenvalue weighted by Crippen LogP contribution is -2.44. The molecule has 0 radical (unpaired) electrons. The Hall–Kier alpha value is -1.75. The van der Waals surface area contributed by atoms with Crippen LogP contribution >= 0.6 is 23.2 Å². The van der Waals surface area contributed by atoms with Crippen molar-refractivity contribution in [3.8, 4) is 0 Å². The van der Waals surface area contributed by atoms with E-state index in [9.17, 15) is 4.79 Å². The van der Waals surface area contributed by atoms with E-state index in [0.29, 0.717) is 15.6 Å². The van der Waals surface area contributed by atoms with Crippen molar-refractivity contribution in [1.82, 2.24) is 4.90 Å². The average molecular weight is 378 g/mol. The van der Waals surface area contributed by atoms with Crippen LogP contribution in [0, 0.1) is 6.92 Å². The summed E-state index contributed by atoms with van der Waals surface area (Å²) in [6, 6.07) is 10.9. The minimum atomic E-state index is -0.203. The maximum Gasteiger partial charge on any atom is 0.255 e. The van der Waals surface area contributed by atoms with Gasteiger partial charge in [0.25, 0.3) is 5.91 Å². The number of nitrogens with zero attached hydrogens (tertiary/aromatic N) is 2. The highest BCUT2D eigenvalue weighted by molar-refractivity contribution is 6.42. The highest BCUT2D eigenvalue weighted by atomic mass is 35.5. The Morgan fingerprint density at radius 2 is 1.72 bits per heavy atom. The zero-order valence-corrected chi connectivity index (χ0v) is 15.9. The highest BCUT2D eigenvalue weighted by Crippen LogP contribution is 2.26. The summed E-state index contributed by atoms with van der Waals surface area (Å²) in [6.07, 6.45) is 0. The molecule has 0 spiro atoms. The van der Waals surface area contributed by atoms with Gasteiger partial charge in [0, 0.05) is 43.1 Å². The normalized spacial score (nSPS) is 15.3. The van der Waals surface area contributed by atoms with Crippen molar-refractivity contribution in [3.63, 3.8) is 0 Å². The molecule has 132 valence electrons. The van der Waals surface area contributed by atoms with Gasteiger partial charge < -0.3 is 15.1 Å². The van der Waals surface area contributed by atoms with Gasteiger partial charge in [-0.15, -0.1) is 0 Å². The van der Waals surface area contributed by atoms with Gasteiger partial charge in [0.1, 0.15) is 0 Å². The van der Waals surface area contributed by atoms with Crippen LogP contribution in [0.3, 0.4) is 0 Å². The SMILES string of the molecule is Cc1cc(NC(=O)c2ccc(Cl)c(Cl)c2)ccc1N1CCN(C)CC1. The fraction of sp³-hybridized carbons (Fsp3) is 0.316. The standard InChI is InChI=1S/C19H21Cl2N3O/c1-13-11-15(4-6-18(13)24-9-7-23(2)8-10-24)22-19(25)14-3-5-16(20)17(21)12-14/h3-6,11-12H,7-10H2,1-2H3,(H,22,25). The summed E-state index contributed by atoms with van der Waals surface area (Å²) >= 11 is 11.9. The van der Waals surface area contributed by atoms with Gasteiger partial charge in [0.15, 0.2) is 0 Å². The lowest BCUT2D eigenvalue weighted by atomic mass is 10.1. The van der Waals surface area contributed by atoms with Crippen molar-refractivity contribution in [2.24, 2.45) is 0 Å².